The van der Waals surface area contributed by atoms with Gasteiger partial charge in [0.2, 0.25) is 15.9 Å². The zero-order valence-corrected chi connectivity index (χ0v) is 17.0. The molecular formula is C20H17BrN2O4S. The predicted molar refractivity (Wildman–Crippen MR) is 111 cm³/mol. The van der Waals surface area contributed by atoms with Crippen LogP contribution in [0.25, 0.3) is 6.08 Å². The van der Waals surface area contributed by atoms with Crippen LogP contribution in [-0.4, -0.2) is 14.3 Å². The van der Waals surface area contributed by atoms with Crippen molar-refractivity contribution in [3.63, 3.8) is 0 Å². The van der Waals surface area contributed by atoms with Crippen LogP contribution in [0, 0.1) is 0 Å². The molecule has 1 aromatic heterocycles. The third-order valence-corrected chi connectivity index (χ3v) is 5.69. The van der Waals surface area contributed by atoms with Crippen LogP contribution in [0.2, 0.25) is 0 Å². The summed E-state index contributed by atoms with van der Waals surface area (Å²) >= 11 is 3.33. The van der Waals surface area contributed by atoms with Crippen LogP contribution in [0.4, 0.5) is 5.69 Å². The van der Waals surface area contributed by atoms with E-state index < -0.39 is 10.0 Å². The monoisotopic (exact) mass is 460 g/mol. The maximum atomic E-state index is 12.3. The van der Waals surface area contributed by atoms with Crippen LogP contribution in [0.5, 0.6) is 0 Å². The van der Waals surface area contributed by atoms with Crippen molar-refractivity contribution in [2.24, 2.45) is 0 Å². The van der Waals surface area contributed by atoms with E-state index in [0.717, 1.165) is 4.47 Å². The lowest BCUT2D eigenvalue weighted by Crippen LogP contribution is -2.22. The highest BCUT2D eigenvalue weighted by molar-refractivity contribution is 9.10. The summed E-state index contributed by atoms with van der Waals surface area (Å²) in [5, 5.41) is 2.74. The Morgan fingerprint density at radius 2 is 1.75 bits per heavy atom. The van der Waals surface area contributed by atoms with Crippen LogP contribution >= 0.6 is 15.9 Å². The van der Waals surface area contributed by atoms with Crippen molar-refractivity contribution in [2.45, 2.75) is 11.4 Å². The average Bonchev–Trinajstić information content (AvgIpc) is 3.21. The van der Waals surface area contributed by atoms with E-state index in [2.05, 4.69) is 26.0 Å². The van der Waals surface area contributed by atoms with Gasteiger partial charge in [0.25, 0.3) is 0 Å². The topological polar surface area (TPSA) is 88.4 Å². The highest BCUT2D eigenvalue weighted by Gasteiger charge is 2.13. The minimum Gasteiger partial charge on any atom is -0.468 e. The van der Waals surface area contributed by atoms with Crippen LogP contribution in [0.3, 0.4) is 0 Å². The number of carbonyl (C=O) groups is 1. The second-order valence-electron chi connectivity index (χ2n) is 5.80. The van der Waals surface area contributed by atoms with Gasteiger partial charge in [-0.2, -0.15) is 0 Å². The van der Waals surface area contributed by atoms with Crippen LogP contribution in [0.15, 0.2) is 86.8 Å². The molecule has 0 saturated heterocycles. The molecule has 1 amide bonds. The Bertz CT molecular complexity index is 1060. The molecule has 0 atom stereocenters. The molecule has 0 aliphatic carbocycles. The van der Waals surface area contributed by atoms with Gasteiger partial charge in [-0.05, 0) is 60.2 Å². The zero-order valence-electron chi connectivity index (χ0n) is 14.6. The van der Waals surface area contributed by atoms with E-state index >= 15 is 0 Å². The Morgan fingerprint density at radius 3 is 2.39 bits per heavy atom. The minimum absolute atomic E-state index is 0.0766. The Kier molecular flexibility index (Phi) is 6.45. The van der Waals surface area contributed by atoms with E-state index in [1.165, 1.54) is 24.5 Å². The molecule has 28 heavy (non-hydrogen) atoms. The lowest BCUT2D eigenvalue weighted by molar-refractivity contribution is -0.111. The number of sulfonamides is 1. The molecule has 0 bridgehead atoms. The van der Waals surface area contributed by atoms with Gasteiger partial charge in [-0.1, -0.05) is 28.1 Å². The quantitative estimate of drug-likeness (QED) is 0.517. The molecule has 0 saturated carbocycles. The number of amides is 1. The molecule has 0 aliphatic heterocycles. The van der Waals surface area contributed by atoms with E-state index in [4.69, 9.17) is 4.42 Å². The van der Waals surface area contributed by atoms with Crippen molar-refractivity contribution < 1.29 is 17.6 Å². The van der Waals surface area contributed by atoms with Gasteiger partial charge in [0, 0.05) is 16.2 Å². The normalized spacial score (nSPS) is 11.6. The lowest BCUT2D eigenvalue weighted by Gasteiger charge is -2.06. The number of hydrogen-bond acceptors (Lipinski definition) is 4. The minimum atomic E-state index is -3.65. The molecule has 0 unspecified atom stereocenters. The second kappa shape index (κ2) is 9.01. The summed E-state index contributed by atoms with van der Waals surface area (Å²) in [6.45, 7) is 0.0766. The molecule has 0 aliphatic rings. The van der Waals surface area contributed by atoms with Crippen LogP contribution in [0.1, 0.15) is 11.3 Å². The second-order valence-corrected chi connectivity index (χ2v) is 8.49. The molecule has 3 aromatic rings. The lowest BCUT2D eigenvalue weighted by atomic mass is 10.2. The van der Waals surface area contributed by atoms with Crippen molar-refractivity contribution in [1.82, 2.24) is 4.72 Å². The third kappa shape index (κ3) is 5.66. The summed E-state index contributed by atoms with van der Waals surface area (Å²) < 4.78 is 33.1. The number of anilines is 1. The first-order valence-corrected chi connectivity index (χ1v) is 10.6. The van der Waals surface area contributed by atoms with Gasteiger partial charge in [0.05, 0.1) is 17.7 Å². The highest BCUT2D eigenvalue weighted by Crippen LogP contribution is 2.15. The Hall–Kier alpha value is -2.68. The number of halogens is 1. The van der Waals surface area contributed by atoms with Gasteiger partial charge < -0.3 is 9.73 Å². The van der Waals surface area contributed by atoms with Crippen molar-refractivity contribution in [2.75, 3.05) is 5.32 Å². The summed E-state index contributed by atoms with van der Waals surface area (Å²) in [7, 11) is -3.65. The first-order valence-electron chi connectivity index (χ1n) is 8.29. The van der Waals surface area contributed by atoms with Crippen molar-refractivity contribution in [3.05, 3.63) is 88.8 Å². The number of hydrogen-bond donors (Lipinski definition) is 2. The van der Waals surface area contributed by atoms with E-state index in [-0.39, 0.29) is 17.3 Å². The van der Waals surface area contributed by atoms with Gasteiger partial charge in [-0.3, -0.25) is 4.79 Å². The van der Waals surface area contributed by atoms with Gasteiger partial charge in [-0.25, -0.2) is 13.1 Å². The molecule has 1 heterocycles. The molecule has 6 nitrogen and oxygen atoms in total. The Morgan fingerprint density at radius 1 is 1.04 bits per heavy atom. The first-order chi connectivity index (χ1) is 13.4. The fourth-order valence-corrected chi connectivity index (χ4v) is 3.57. The SMILES string of the molecule is O=C(/C=C/c1ccc(S(=O)(=O)NCc2ccco2)cc1)Nc1ccc(Br)cc1. The summed E-state index contributed by atoms with van der Waals surface area (Å²) in [4.78, 5) is 12.1. The van der Waals surface area contributed by atoms with Gasteiger partial charge in [0.15, 0.2) is 0 Å². The fourth-order valence-electron chi connectivity index (χ4n) is 2.31. The summed E-state index contributed by atoms with van der Waals surface area (Å²) in [5.74, 6) is 0.249. The van der Waals surface area contributed by atoms with Gasteiger partial charge in [-0.15, -0.1) is 0 Å². The number of furan rings is 1. The predicted octanol–water partition coefficient (Wildman–Crippen LogP) is 4.17. The molecule has 8 heteroatoms. The fraction of sp³-hybridized carbons (Fsp3) is 0.0500. The molecule has 0 radical (unpaired) electrons. The Balaban J connectivity index is 1.59. The standard InChI is InChI=1S/C20H17BrN2O4S/c21-16-6-8-17(9-7-16)23-20(24)12-5-15-3-10-19(11-4-15)28(25,26)22-14-18-2-1-13-27-18/h1-13,22H,14H2,(H,23,24)/b12-5+. The number of benzene rings is 2. The van der Waals surface area contributed by atoms with Gasteiger partial charge in [0.1, 0.15) is 5.76 Å². The van der Waals surface area contributed by atoms with Crippen LogP contribution < -0.4 is 10.0 Å². The average molecular weight is 461 g/mol. The largest absolute Gasteiger partial charge is 0.468 e. The maximum Gasteiger partial charge on any atom is 0.248 e. The smallest absolute Gasteiger partial charge is 0.248 e. The summed E-state index contributed by atoms with van der Waals surface area (Å²) in [6, 6.07) is 16.8. The Labute approximate surface area is 171 Å². The van der Waals surface area contributed by atoms with Crippen molar-refractivity contribution in [1.29, 1.82) is 0 Å². The van der Waals surface area contributed by atoms with Crippen molar-refractivity contribution >= 4 is 43.6 Å². The highest BCUT2D eigenvalue weighted by atomic mass is 79.9. The molecule has 2 aromatic carbocycles. The molecule has 0 spiro atoms. The summed E-state index contributed by atoms with van der Waals surface area (Å²) in [5.41, 5.74) is 1.39. The number of nitrogens with one attached hydrogen (secondary N) is 2. The number of rotatable bonds is 7. The molecule has 2 N–H and O–H groups in total. The molecular weight excluding hydrogens is 444 g/mol. The molecule has 3 rings (SSSR count). The van der Waals surface area contributed by atoms with E-state index in [1.54, 1.807) is 42.5 Å². The maximum absolute atomic E-state index is 12.3. The zero-order chi connectivity index (χ0) is 20.0. The van der Waals surface area contributed by atoms with E-state index in [1.807, 2.05) is 12.1 Å². The summed E-state index contributed by atoms with van der Waals surface area (Å²) in [6.07, 6.45) is 4.49. The van der Waals surface area contributed by atoms with Crippen molar-refractivity contribution in [3.8, 4) is 0 Å². The van der Waals surface area contributed by atoms with Gasteiger partial charge >= 0.3 is 0 Å². The first kappa shape index (κ1) is 20.1. The van der Waals surface area contributed by atoms with E-state index in [0.29, 0.717) is 17.0 Å². The third-order valence-electron chi connectivity index (χ3n) is 3.75. The molecule has 0 fully saturated rings. The molecule has 144 valence electrons. The van der Waals surface area contributed by atoms with Crippen LogP contribution in [-0.2, 0) is 21.4 Å². The number of carbonyl (C=O) groups excluding carboxylic acids is 1. The van der Waals surface area contributed by atoms with E-state index in [9.17, 15) is 13.2 Å².